The lowest BCUT2D eigenvalue weighted by Gasteiger charge is -2.35. The predicted molar refractivity (Wildman–Crippen MR) is 85.8 cm³/mol. The van der Waals surface area contributed by atoms with Gasteiger partial charge in [0, 0.05) is 45.7 Å². The number of carbonyl (C=O) groups is 1. The van der Waals surface area contributed by atoms with E-state index >= 15 is 0 Å². The third-order valence-electron chi connectivity index (χ3n) is 4.72. The highest BCUT2D eigenvalue weighted by Gasteiger charge is 2.23. The Hall–Kier alpha value is -1.47. The van der Waals surface area contributed by atoms with Crippen LogP contribution in [0.4, 0.5) is 0 Å². The molecule has 0 aromatic carbocycles. The van der Waals surface area contributed by atoms with Crippen LogP contribution in [-0.2, 0) is 17.8 Å². The van der Waals surface area contributed by atoms with Gasteiger partial charge < -0.3 is 9.42 Å². The number of piperazine rings is 1. The highest BCUT2D eigenvalue weighted by atomic mass is 16.5. The number of rotatable bonds is 5. The highest BCUT2D eigenvalue weighted by Crippen LogP contribution is 2.11. The van der Waals surface area contributed by atoms with Gasteiger partial charge in [0.1, 0.15) is 0 Å². The van der Waals surface area contributed by atoms with Crippen molar-refractivity contribution in [3.05, 3.63) is 11.7 Å². The average Bonchev–Trinajstić information content (AvgIpc) is 3.05. The summed E-state index contributed by atoms with van der Waals surface area (Å²) in [4.78, 5) is 23.3. The Morgan fingerprint density at radius 1 is 1.04 bits per heavy atom. The molecule has 1 amide bonds. The first kappa shape index (κ1) is 16.4. The first-order valence-corrected chi connectivity index (χ1v) is 8.78. The molecule has 2 aliphatic rings. The fourth-order valence-electron chi connectivity index (χ4n) is 3.23. The van der Waals surface area contributed by atoms with E-state index in [2.05, 4.69) is 19.9 Å². The van der Waals surface area contributed by atoms with Gasteiger partial charge in [-0.1, -0.05) is 12.1 Å². The van der Waals surface area contributed by atoms with Crippen LogP contribution in [0.2, 0.25) is 0 Å². The van der Waals surface area contributed by atoms with Gasteiger partial charge in [-0.05, 0) is 19.3 Å². The summed E-state index contributed by atoms with van der Waals surface area (Å²) >= 11 is 0. The van der Waals surface area contributed by atoms with Crippen LogP contribution in [-0.4, -0.2) is 76.6 Å². The van der Waals surface area contributed by atoms with E-state index in [1.54, 1.807) is 0 Å². The third-order valence-corrected chi connectivity index (χ3v) is 4.72. The minimum absolute atomic E-state index is 0.294. The second-order valence-corrected chi connectivity index (χ2v) is 6.45. The SMILES string of the molecule is CCc1noc(CN2CCN(CC(=O)N3CCCCC3)CC2)n1. The normalized spacial score (nSPS) is 20.8. The number of hydrogen-bond donors (Lipinski definition) is 0. The van der Waals surface area contributed by atoms with E-state index in [9.17, 15) is 4.79 Å². The summed E-state index contributed by atoms with van der Waals surface area (Å²) in [6.07, 6.45) is 4.38. The van der Waals surface area contributed by atoms with Crippen molar-refractivity contribution in [2.45, 2.75) is 39.2 Å². The van der Waals surface area contributed by atoms with Crippen molar-refractivity contribution in [2.75, 3.05) is 45.8 Å². The Morgan fingerprint density at radius 3 is 2.39 bits per heavy atom. The van der Waals surface area contributed by atoms with Crippen molar-refractivity contribution < 1.29 is 9.32 Å². The predicted octanol–water partition coefficient (Wildman–Crippen LogP) is 0.762. The summed E-state index contributed by atoms with van der Waals surface area (Å²) in [6, 6.07) is 0. The fraction of sp³-hybridized carbons (Fsp3) is 0.812. The van der Waals surface area contributed by atoms with Gasteiger partial charge >= 0.3 is 0 Å². The maximum absolute atomic E-state index is 12.3. The van der Waals surface area contributed by atoms with Gasteiger partial charge in [-0.3, -0.25) is 14.6 Å². The Kier molecular flexibility index (Phi) is 5.61. The van der Waals surface area contributed by atoms with Crippen LogP contribution in [0.3, 0.4) is 0 Å². The highest BCUT2D eigenvalue weighted by molar-refractivity contribution is 5.78. The summed E-state index contributed by atoms with van der Waals surface area (Å²) < 4.78 is 5.25. The molecule has 128 valence electrons. The van der Waals surface area contributed by atoms with E-state index in [0.29, 0.717) is 24.9 Å². The third kappa shape index (κ3) is 4.51. The molecule has 2 fully saturated rings. The van der Waals surface area contributed by atoms with E-state index in [-0.39, 0.29) is 0 Å². The lowest BCUT2D eigenvalue weighted by atomic mass is 10.1. The summed E-state index contributed by atoms with van der Waals surface area (Å²) in [6.45, 7) is 8.91. The summed E-state index contributed by atoms with van der Waals surface area (Å²) in [5.74, 6) is 1.76. The largest absolute Gasteiger partial charge is 0.342 e. The van der Waals surface area contributed by atoms with E-state index < -0.39 is 0 Å². The molecule has 3 heterocycles. The maximum Gasteiger partial charge on any atom is 0.240 e. The van der Waals surface area contributed by atoms with E-state index in [1.807, 2.05) is 11.8 Å². The number of aromatic nitrogens is 2. The summed E-state index contributed by atoms with van der Waals surface area (Å²) in [7, 11) is 0. The topological polar surface area (TPSA) is 65.7 Å². The molecule has 1 aromatic rings. The Morgan fingerprint density at radius 2 is 1.74 bits per heavy atom. The summed E-state index contributed by atoms with van der Waals surface area (Å²) in [5, 5.41) is 3.93. The van der Waals surface area contributed by atoms with Crippen molar-refractivity contribution in [2.24, 2.45) is 0 Å². The molecule has 3 rings (SSSR count). The molecule has 7 nitrogen and oxygen atoms in total. The average molecular weight is 321 g/mol. The van der Waals surface area contributed by atoms with Crippen molar-refractivity contribution in [3.63, 3.8) is 0 Å². The number of aryl methyl sites for hydroxylation is 1. The number of carbonyl (C=O) groups excluding carboxylic acids is 1. The first-order valence-electron chi connectivity index (χ1n) is 8.78. The van der Waals surface area contributed by atoms with Gasteiger partial charge in [-0.15, -0.1) is 0 Å². The number of amides is 1. The zero-order chi connectivity index (χ0) is 16.1. The second-order valence-electron chi connectivity index (χ2n) is 6.45. The van der Waals surface area contributed by atoms with Crippen molar-refractivity contribution in [1.82, 2.24) is 24.8 Å². The molecular weight excluding hydrogens is 294 g/mol. The van der Waals surface area contributed by atoms with Crippen LogP contribution in [0.5, 0.6) is 0 Å². The molecular formula is C16H27N5O2. The number of nitrogens with zero attached hydrogens (tertiary/aromatic N) is 5. The number of piperidine rings is 1. The van der Waals surface area contributed by atoms with Gasteiger partial charge in [0.2, 0.25) is 11.8 Å². The molecule has 0 N–H and O–H groups in total. The van der Waals surface area contributed by atoms with Crippen molar-refractivity contribution >= 4 is 5.91 Å². The van der Waals surface area contributed by atoms with Gasteiger partial charge in [0.15, 0.2) is 5.82 Å². The quantitative estimate of drug-likeness (QED) is 0.798. The lowest BCUT2D eigenvalue weighted by molar-refractivity contribution is -0.133. The first-order chi connectivity index (χ1) is 11.2. The van der Waals surface area contributed by atoms with Crippen LogP contribution in [0.15, 0.2) is 4.52 Å². The van der Waals surface area contributed by atoms with E-state index in [4.69, 9.17) is 4.52 Å². The molecule has 1 aromatic heterocycles. The van der Waals surface area contributed by atoms with Crippen molar-refractivity contribution in [1.29, 1.82) is 0 Å². The minimum Gasteiger partial charge on any atom is -0.342 e. The number of likely N-dealkylation sites (tertiary alicyclic amines) is 1. The minimum atomic E-state index is 0.294. The maximum atomic E-state index is 12.3. The fourth-order valence-corrected chi connectivity index (χ4v) is 3.23. The molecule has 0 radical (unpaired) electrons. The molecule has 0 saturated carbocycles. The van der Waals surface area contributed by atoms with Gasteiger partial charge in [-0.25, -0.2) is 0 Å². The zero-order valence-corrected chi connectivity index (χ0v) is 14.0. The van der Waals surface area contributed by atoms with Crippen LogP contribution in [0.25, 0.3) is 0 Å². The molecule has 7 heteroatoms. The monoisotopic (exact) mass is 321 g/mol. The Labute approximate surface area is 137 Å². The van der Waals surface area contributed by atoms with Crippen LogP contribution in [0, 0.1) is 0 Å². The van der Waals surface area contributed by atoms with E-state index in [0.717, 1.165) is 64.4 Å². The standard InChI is InChI=1S/C16H27N5O2/c1-2-14-17-15(23-18-14)12-19-8-10-20(11-9-19)13-16(22)21-6-4-3-5-7-21/h2-13H2,1H3. The summed E-state index contributed by atoms with van der Waals surface area (Å²) in [5.41, 5.74) is 0. The molecule has 0 unspecified atom stereocenters. The second kappa shape index (κ2) is 7.88. The Bertz CT molecular complexity index is 504. The molecule has 2 saturated heterocycles. The molecule has 0 spiro atoms. The Balaban J connectivity index is 1.40. The molecule has 2 aliphatic heterocycles. The van der Waals surface area contributed by atoms with Crippen LogP contribution >= 0.6 is 0 Å². The molecule has 0 atom stereocenters. The molecule has 23 heavy (non-hydrogen) atoms. The van der Waals surface area contributed by atoms with Crippen LogP contribution < -0.4 is 0 Å². The van der Waals surface area contributed by atoms with E-state index in [1.165, 1.54) is 6.42 Å². The smallest absolute Gasteiger partial charge is 0.240 e. The van der Waals surface area contributed by atoms with Gasteiger partial charge in [0.05, 0.1) is 13.1 Å². The van der Waals surface area contributed by atoms with Crippen LogP contribution in [0.1, 0.15) is 37.9 Å². The van der Waals surface area contributed by atoms with Crippen molar-refractivity contribution in [3.8, 4) is 0 Å². The lowest BCUT2D eigenvalue weighted by Crippen LogP contribution is -2.50. The molecule has 0 bridgehead atoms. The van der Waals surface area contributed by atoms with Gasteiger partial charge in [0.25, 0.3) is 0 Å². The van der Waals surface area contributed by atoms with Gasteiger partial charge in [-0.2, -0.15) is 4.98 Å². The number of hydrogen-bond acceptors (Lipinski definition) is 6. The zero-order valence-electron chi connectivity index (χ0n) is 14.0. The molecule has 0 aliphatic carbocycles.